The molecule has 0 N–H and O–H groups in total. The van der Waals surface area contributed by atoms with Gasteiger partial charge in [0.2, 0.25) is 0 Å². The van der Waals surface area contributed by atoms with E-state index in [1.807, 2.05) is 5.38 Å². The van der Waals surface area contributed by atoms with Crippen molar-refractivity contribution in [2.24, 2.45) is 0 Å². The van der Waals surface area contributed by atoms with E-state index in [9.17, 15) is 4.79 Å². The number of benzene rings is 1. The van der Waals surface area contributed by atoms with E-state index < -0.39 is 0 Å². The van der Waals surface area contributed by atoms with Crippen LogP contribution in [0.5, 0.6) is 5.75 Å². The lowest BCUT2D eigenvalue weighted by atomic mass is 10.1. The normalized spacial score (nSPS) is 10.8. The number of carbonyl (C=O) groups is 1. The molecule has 10 heteroatoms. The van der Waals surface area contributed by atoms with Gasteiger partial charge in [0.1, 0.15) is 12.1 Å². The van der Waals surface area contributed by atoms with Gasteiger partial charge in [-0.25, -0.2) is 4.98 Å². The van der Waals surface area contributed by atoms with Crippen LogP contribution in [0, 0.1) is 0 Å². The van der Waals surface area contributed by atoms with Crippen LogP contribution in [0.3, 0.4) is 0 Å². The summed E-state index contributed by atoms with van der Waals surface area (Å²) in [6, 6.07) is 3.20. The van der Waals surface area contributed by atoms with Crippen molar-refractivity contribution in [3.63, 3.8) is 0 Å². The van der Waals surface area contributed by atoms with Crippen LogP contribution in [0.4, 0.5) is 0 Å². The number of aromatic nitrogens is 5. The Morgan fingerprint density at radius 1 is 1.42 bits per heavy atom. The van der Waals surface area contributed by atoms with Gasteiger partial charge in [-0.2, -0.15) is 4.68 Å². The predicted molar refractivity (Wildman–Crippen MR) is 98.0 cm³/mol. The quantitative estimate of drug-likeness (QED) is 0.641. The van der Waals surface area contributed by atoms with Gasteiger partial charge in [0.05, 0.1) is 40.6 Å². The molecular formula is C16H17ClN6O2S. The Morgan fingerprint density at radius 3 is 2.85 bits per heavy atom. The molecule has 0 radical (unpaired) electrons. The van der Waals surface area contributed by atoms with Crippen LogP contribution in [-0.4, -0.2) is 50.2 Å². The molecule has 1 amide bonds. The highest BCUT2D eigenvalue weighted by molar-refractivity contribution is 7.09. The number of aryl methyl sites for hydroxylation is 1. The zero-order valence-corrected chi connectivity index (χ0v) is 16.1. The van der Waals surface area contributed by atoms with Crippen LogP contribution in [-0.2, 0) is 13.0 Å². The molecule has 0 fully saturated rings. The van der Waals surface area contributed by atoms with E-state index in [1.165, 1.54) is 18.1 Å². The summed E-state index contributed by atoms with van der Waals surface area (Å²) in [5.41, 5.74) is 1.75. The van der Waals surface area contributed by atoms with Gasteiger partial charge < -0.3 is 9.64 Å². The van der Waals surface area contributed by atoms with Crippen molar-refractivity contribution in [2.45, 2.75) is 19.9 Å². The summed E-state index contributed by atoms with van der Waals surface area (Å²) in [5.74, 6) is 0.183. The molecule has 26 heavy (non-hydrogen) atoms. The van der Waals surface area contributed by atoms with Gasteiger partial charge in [-0.15, -0.1) is 16.4 Å². The number of tetrazole rings is 1. The second-order valence-electron chi connectivity index (χ2n) is 5.51. The van der Waals surface area contributed by atoms with Crippen LogP contribution in [0.1, 0.15) is 28.0 Å². The van der Waals surface area contributed by atoms with Gasteiger partial charge in [-0.1, -0.05) is 18.5 Å². The number of methoxy groups -OCH3 is 1. The maximum Gasteiger partial charge on any atom is 0.257 e. The average Bonchev–Trinajstić information content (AvgIpc) is 3.32. The van der Waals surface area contributed by atoms with Crippen LogP contribution in [0.15, 0.2) is 23.8 Å². The fraction of sp³-hybridized carbons (Fsp3) is 0.312. The van der Waals surface area contributed by atoms with Crippen molar-refractivity contribution >= 4 is 28.8 Å². The molecule has 0 saturated heterocycles. The first kappa shape index (κ1) is 18.3. The first-order chi connectivity index (χ1) is 12.5. The Kier molecular flexibility index (Phi) is 5.48. The number of hydrogen-bond acceptors (Lipinski definition) is 7. The number of halogens is 1. The summed E-state index contributed by atoms with van der Waals surface area (Å²) in [6.45, 7) is 2.46. The van der Waals surface area contributed by atoms with E-state index in [1.54, 1.807) is 35.4 Å². The fourth-order valence-electron chi connectivity index (χ4n) is 2.43. The van der Waals surface area contributed by atoms with Gasteiger partial charge >= 0.3 is 0 Å². The zero-order chi connectivity index (χ0) is 18.7. The number of amides is 1. The van der Waals surface area contributed by atoms with Gasteiger partial charge in [0.15, 0.2) is 0 Å². The summed E-state index contributed by atoms with van der Waals surface area (Å²) in [4.78, 5) is 18.9. The Balaban J connectivity index is 1.87. The van der Waals surface area contributed by atoms with Crippen LogP contribution in [0.25, 0.3) is 5.69 Å². The zero-order valence-electron chi connectivity index (χ0n) is 14.5. The van der Waals surface area contributed by atoms with Gasteiger partial charge in [0.25, 0.3) is 5.91 Å². The molecule has 0 spiro atoms. The SMILES string of the molecule is CCc1nc(CN(C)C(=O)c2cc(Cl)c(-n3cnnn3)cc2OC)cs1. The lowest BCUT2D eigenvalue weighted by molar-refractivity contribution is 0.0780. The summed E-state index contributed by atoms with van der Waals surface area (Å²) in [7, 11) is 3.22. The minimum absolute atomic E-state index is 0.210. The predicted octanol–water partition coefficient (Wildman–Crippen LogP) is 2.62. The van der Waals surface area contributed by atoms with Crippen molar-refractivity contribution in [2.75, 3.05) is 14.2 Å². The molecule has 2 aromatic heterocycles. The standard InChI is InChI=1S/C16H17ClN6O2S/c1-4-15-19-10(8-26-15)7-22(2)16(24)11-5-12(17)13(6-14(11)25-3)23-9-18-20-21-23/h5-6,8-9H,4,7H2,1-3H3. The molecule has 1 aromatic carbocycles. The number of rotatable bonds is 6. The maximum atomic E-state index is 12.9. The monoisotopic (exact) mass is 392 g/mol. The minimum Gasteiger partial charge on any atom is -0.496 e. The van der Waals surface area contributed by atoms with Crippen LogP contribution in [0.2, 0.25) is 5.02 Å². The molecule has 0 unspecified atom stereocenters. The Hall–Kier alpha value is -2.52. The van der Waals surface area contributed by atoms with Gasteiger partial charge in [0, 0.05) is 18.5 Å². The summed E-state index contributed by atoms with van der Waals surface area (Å²) in [5, 5.41) is 14.3. The number of ether oxygens (including phenoxy) is 1. The van der Waals surface area contributed by atoms with Crippen molar-refractivity contribution in [3.8, 4) is 11.4 Å². The highest BCUT2D eigenvalue weighted by Crippen LogP contribution is 2.30. The van der Waals surface area contributed by atoms with E-state index in [0.717, 1.165) is 17.1 Å². The topological polar surface area (TPSA) is 86.0 Å². The summed E-state index contributed by atoms with van der Waals surface area (Å²) >= 11 is 7.92. The molecule has 0 aliphatic carbocycles. The summed E-state index contributed by atoms with van der Waals surface area (Å²) in [6.07, 6.45) is 2.30. The molecular weight excluding hydrogens is 376 g/mol. The van der Waals surface area contributed by atoms with E-state index >= 15 is 0 Å². The molecule has 0 aliphatic heterocycles. The molecule has 0 bridgehead atoms. The Morgan fingerprint density at radius 2 is 2.23 bits per heavy atom. The Bertz CT molecular complexity index is 912. The number of nitrogens with zero attached hydrogens (tertiary/aromatic N) is 6. The number of thiazole rings is 1. The lowest BCUT2D eigenvalue weighted by Crippen LogP contribution is -2.27. The van der Waals surface area contributed by atoms with Crippen LogP contribution >= 0.6 is 22.9 Å². The molecule has 3 aromatic rings. The van der Waals surface area contributed by atoms with Crippen LogP contribution < -0.4 is 4.74 Å². The van der Waals surface area contributed by atoms with Gasteiger partial charge in [-0.05, 0) is 22.9 Å². The molecule has 0 atom stereocenters. The fourth-order valence-corrected chi connectivity index (χ4v) is 3.42. The smallest absolute Gasteiger partial charge is 0.257 e. The lowest BCUT2D eigenvalue weighted by Gasteiger charge is -2.18. The molecule has 2 heterocycles. The largest absolute Gasteiger partial charge is 0.496 e. The van der Waals surface area contributed by atoms with Gasteiger partial charge in [-0.3, -0.25) is 4.79 Å². The first-order valence-corrected chi connectivity index (χ1v) is 9.08. The van der Waals surface area contributed by atoms with Crippen molar-refractivity contribution < 1.29 is 9.53 Å². The summed E-state index contributed by atoms with van der Waals surface area (Å²) < 4.78 is 6.79. The minimum atomic E-state index is -0.210. The molecule has 0 aliphatic rings. The van der Waals surface area contributed by atoms with E-state index in [2.05, 4.69) is 27.4 Å². The molecule has 136 valence electrons. The van der Waals surface area contributed by atoms with Crippen molar-refractivity contribution in [3.05, 3.63) is 45.1 Å². The van der Waals surface area contributed by atoms with Crippen molar-refractivity contribution in [1.82, 2.24) is 30.1 Å². The highest BCUT2D eigenvalue weighted by Gasteiger charge is 2.21. The molecule has 3 rings (SSSR count). The third-order valence-electron chi connectivity index (χ3n) is 3.74. The van der Waals surface area contributed by atoms with E-state index in [-0.39, 0.29) is 5.91 Å². The second kappa shape index (κ2) is 7.79. The third kappa shape index (κ3) is 3.68. The van der Waals surface area contributed by atoms with Crippen molar-refractivity contribution in [1.29, 1.82) is 0 Å². The first-order valence-electron chi connectivity index (χ1n) is 7.83. The average molecular weight is 393 g/mol. The molecule has 8 nitrogen and oxygen atoms in total. The second-order valence-corrected chi connectivity index (χ2v) is 6.86. The highest BCUT2D eigenvalue weighted by atomic mass is 35.5. The molecule has 0 saturated carbocycles. The number of hydrogen-bond donors (Lipinski definition) is 0. The number of carbonyl (C=O) groups excluding carboxylic acids is 1. The third-order valence-corrected chi connectivity index (χ3v) is 5.09. The van der Waals surface area contributed by atoms with E-state index in [4.69, 9.17) is 16.3 Å². The van der Waals surface area contributed by atoms with E-state index in [0.29, 0.717) is 28.6 Å². The Labute approximate surface area is 159 Å². The maximum absolute atomic E-state index is 12.9.